The SMILES string of the molecule is CC(C)C(=O)Cn1c(C(F)(F)F)cccc1=O. The van der Waals surface area contributed by atoms with Crippen molar-refractivity contribution in [3.8, 4) is 0 Å². The lowest BCUT2D eigenvalue weighted by atomic mass is 10.1. The molecule has 0 aliphatic heterocycles. The molecule has 1 aromatic rings. The van der Waals surface area contributed by atoms with Crippen LogP contribution in [0.25, 0.3) is 0 Å². The highest BCUT2D eigenvalue weighted by molar-refractivity contribution is 5.80. The molecule has 0 N–H and O–H groups in total. The summed E-state index contributed by atoms with van der Waals surface area (Å²) in [6.45, 7) is 2.60. The predicted octanol–water partition coefficient (Wildman–Crippen LogP) is 2.09. The molecular formula is C11H12F3NO2. The molecule has 6 heteroatoms. The quantitative estimate of drug-likeness (QED) is 0.820. The number of hydrogen-bond acceptors (Lipinski definition) is 2. The van der Waals surface area contributed by atoms with Crippen molar-refractivity contribution in [2.24, 2.45) is 5.92 Å². The summed E-state index contributed by atoms with van der Waals surface area (Å²) in [5.74, 6) is -0.827. The van der Waals surface area contributed by atoms with E-state index in [1.54, 1.807) is 13.8 Å². The van der Waals surface area contributed by atoms with Crippen LogP contribution in [0, 0.1) is 5.92 Å². The molecule has 1 aromatic heterocycles. The molecule has 0 saturated carbocycles. The fraction of sp³-hybridized carbons (Fsp3) is 0.455. The maximum absolute atomic E-state index is 12.6. The van der Waals surface area contributed by atoms with E-state index < -0.39 is 35.7 Å². The molecular weight excluding hydrogens is 235 g/mol. The van der Waals surface area contributed by atoms with Gasteiger partial charge in [0.1, 0.15) is 5.69 Å². The maximum Gasteiger partial charge on any atom is 0.431 e. The highest BCUT2D eigenvalue weighted by atomic mass is 19.4. The number of aromatic nitrogens is 1. The highest BCUT2D eigenvalue weighted by Gasteiger charge is 2.34. The van der Waals surface area contributed by atoms with Crippen molar-refractivity contribution in [1.82, 2.24) is 4.57 Å². The Kier molecular flexibility index (Phi) is 3.75. The average Bonchev–Trinajstić information content (AvgIpc) is 2.18. The number of alkyl halides is 3. The van der Waals surface area contributed by atoms with Gasteiger partial charge < -0.3 is 0 Å². The van der Waals surface area contributed by atoms with E-state index >= 15 is 0 Å². The molecule has 0 atom stereocenters. The van der Waals surface area contributed by atoms with E-state index in [4.69, 9.17) is 0 Å². The number of halogens is 3. The topological polar surface area (TPSA) is 39.1 Å². The first kappa shape index (κ1) is 13.5. The number of rotatable bonds is 3. The van der Waals surface area contributed by atoms with Crippen LogP contribution in [-0.4, -0.2) is 10.4 Å². The second kappa shape index (κ2) is 4.73. The molecule has 0 bridgehead atoms. The summed E-state index contributed by atoms with van der Waals surface area (Å²) < 4.78 is 38.3. The van der Waals surface area contributed by atoms with Gasteiger partial charge in [-0.15, -0.1) is 0 Å². The second-order valence-electron chi connectivity index (χ2n) is 3.95. The van der Waals surface area contributed by atoms with Crippen molar-refractivity contribution in [3.63, 3.8) is 0 Å². The molecule has 0 amide bonds. The van der Waals surface area contributed by atoms with Gasteiger partial charge in [-0.05, 0) is 6.07 Å². The second-order valence-corrected chi connectivity index (χ2v) is 3.95. The smallest absolute Gasteiger partial charge is 0.297 e. The van der Waals surface area contributed by atoms with Gasteiger partial charge in [0.2, 0.25) is 0 Å². The highest BCUT2D eigenvalue weighted by Crippen LogP contribution is 2.28. The molecule has 0 unspecified atom stereocenters. The lowest BCUT2D eigenvalue weighted by Crippen LogP contribution is -2.31. The Morgan fingerprint density at radius 2 is 1.94 bits per heavy atom. The minimum Gasteiger partial charge on any atom is -0.297 e. The Labute approximate surface area is 95.9 Å². The molecule has 0 aromatic carbocycles. The number of nitrogens with zero attached hydrogens (tertiary/aromatic N) is 1. The van der Waals surface area contributed by atoms with E-state index in [2.05, 4.69) is 0 Å². The first-order valence-corrected chi connectivity index (χ1v) is 5.03. The van der Waals surface area contributed by atoms with Crippen molar-refractivity contribution < 1.29 is 18.0 Å². The van der Waals surface area contributed by atoms with Gasteiger partial charge in [-0.3, -0.25) is 14.2 Å². The summed E-state index contributed by atoms with van der Waals surface area (Å²) in [4.78, 5) is 22.8. The predicted molar refractivity (Wildman–Crippen MR) is 55.5 cm³/mol. The van der Waals surface area contributed by atoms with Crippen molar-refractivity contribution in [3.05, 3.63) is 34.2 Å². The van der Waals surface area contributed by atoms with Gasteiger partial charge in [0.15, 0.2) is 5.78 Å². The minimum atomic E-state index is -4.64. The monoisotopic (exact) mass is 247 g/mol. The van der Waals surface area contributed by atoms with Crippen LogP contribution in [0.2, 0.25) is 0 Å². The zero-order chi connectivity index (χ0) is 13.2. The van der Waals surface area contributed by atoms with Crippen LogP contribution in [0.15, 0.2) is 23.0 Å². The van der Waals surface area contributed by atoms with Crippen LogP contribution in [0.1, 0.15) is 19.5 Å². The summed E-state index contributed by atoms with van der Waals surface area (Å²) in [6.07, 6.45) is -4.64. The fourth-order valence-corrected chi connectivity index (χ4v) is 1.27. The lowest BCUT2D eigenvalue weighted by Gasteiger charge is -2.15. The largest absolute Gasteiger partial charge is 0.431 e. The number of carbonyl (C=O) groups is 1. The van der Waals surface area contributed by atoms with Gasteiger partial charge in [-0.1, -0.05) is 19.9 Å². The van der Waals surface area contributed by atoms with Crippen LogP contribution in [-0.2, 0) is 17.5 Å². The summed E-state index contributed by atoms with van der Waals surface area (Å²) in [5.41, 5.74) is -1.92. The first-order valence-electron chi connectivity index (χ1n) is 5.03. The molecule has 94 valence electrons. The zero-order valence-corrected chi connectivity index (χ0v) is 9.41. The van der Waals surface area contributed by atoms with Gasteiger partial charge in [-0.2, -0.15) is 13.2 Å². The van der Waals surface area contributed by atoms with Gasteiger partial charge in [-0.25, -0.2) is 0 Å². The zero-order valence-electron chi connectivity index (χ0n) is 9.41. The van der Waals surface area contributed by atoms with E-state index in [9.17, 15) is 22.8 Å². The lowest BCUT2D eigenvalue weighted by molar-refractivity contribution is -0.144. The summed E-state index contributed by atoms with van der Waals surface area (Å²) in [7, 11) is 0. The van der Waals surface area contributed by atoms with Crippen LogP contribution < -0.4 is 5.56 Å². The number of pyridine rings is 1. The minimum absolute atomic E-state index is 0.413. The fourth-order valence-electron chi connectivity index (χ4n) is 1.27. The van der Waals surface area contributed by atoms with Crippen LogP contribution in [0.4, 0.5) is 13.2 Å². The Hall–Kier alpha value is -1.59. The molecule has 0 spiro atoms. The van der Waals surface area contributed by atoms with Crippen LogP contribution in [0.3, 0.4) is 0 Å². The average molecular weight is 247 g/mol. The Morgan fingerprint density at radius 1 is 1.35 bits per heavy atom. The Balaban J connectivity index is 3.23. The number of hydrogen-bond donors (Lipinski definition) is 0. The molecule has 1 rings (SSSR count). The molecule has 0 fully saturated rings. The molecule has 0 aliphatic rings. The van der Waals surface area contributed by atoms with E-state index in [-0.39, 0.29) is 0 Å². The molecule has 0 saturated heterocycles. The third-order valence-electron chi connectivity index (χ3n) is 2.30. The summed E-state index contributed by atoms with van der Waals surface area (Å²) in [6, 6.07) is 2.82. The van der Waals surface area contributed by atoms with E-state index in [0.29, 0.717) is 4.57 Å². The third-order valence-corrected chi connectivity index (χ3v) is 2.30. The Morgan fingerprint density at radius 3 is 2.41 bits per heavy atom. The van der Waals surface area contributed by atoms with Gasteiger partial charge >= 0.3 is 6.18 Å². The van der Waals surface area contributed by atoms with Crippen molar-refractivity contribution in [2.75, 3.05) is 0 Å². The summed E-state index contributed by atoms with van der Waals surface area (Å²) in [5, 5.41) is 0. The van der Waals surface area contributed by atoms with E-state index in [1.165, 1.54) is 0 Å². The first-order chi connectivity index (χ1) is 7.73. The standard InChI is InChI=1S/C11H12F3NO2/c1-7(2)8(16)6-15-9(11(12,13)14)4-3-5-10(15)17/h3-5,7H,6H2,1-2H3. The maximum atomic E-state index is 12.6. The van der Waals surface area contributed by atoms with Gasteiger partial charge in [0.25, 0.3) is 5.56 Å². The molecule has 17 heavy (non-hydrogen) atoms. The van der Waals surface area contributed by atoms with Crippen molar-refractivity contribution >= 4 is 5.78 Å². The molecule has 1 heterocycles. The summed E-state index contributed by atoms with van der Waals surface area (Å²) >= 11 is 0. The van der Waals surface area contributed by atoms with Crippen molar-refractivity contribution in [1.29, 1.82) is 0 Å². The van der Waals surface area contributed by atoms with E-state index in [0.717, 1.165) is 18.2 Å². The number of carbonyl (C=O) groups excluding carboxylic acids is 1. The van der Waals surface area contributed by atoms with Gasteiger partial charge in [0.05, 0.1) is 6.54 Å². The van der Waals surface area contributed by atoms with Crippen LogP contribution >= 0.6 is 0 Å². The third kappa shape index (κ3) is 3.18. The van der Waals surface area contributed by atoms with Crippen molar-refractivity contribution in [2.45, 2.75) is 26.6 Å². The van der Waals surface area contributed by atoms with Crippen LogP contribution in [0.5, 0.6) is 0 Å². The normalized spacial score (nSPS) is 11.9. The molecule has 0 radical (unpaired) electrons. The number of Topliss-reactive ketones (excluding diaryl/α,β-unsaturated/α-hetero) is 1. The molecule has 0 aliphatic carbocycles. The number of ketones is 1. The van der Waals surface area contributed by atoms with E-state index in [1.807, 2.05) is 0 Å². The molecule has 3 nitrogen and oxygen atoms in total. The Bertz CT molecular complexity index is 474. The van der Waals surface area contributed by atoms with Gasteiger partial charge in [0, 0.05) is 12.0 Å².